The second-order valence-electron chi connectivity index (χ2n) is 7.24. The fraction of sp³-hybridized carbons (Fsp3) is 0.579. The van der Waals surface area contributed by atoms with Crippen LogP contribution in [0.1, 0.15) is 25.8 Å². The van der Waals surface area contributed by atoms with Gasteiger partial charge in [-0.2, -0.15) is 0 Å². The summed E-state index contributed by atoms with van der Waals surface area (Å²) in [6.07, 6.45) is -0.341. The zero-order chi connectivity index (χ0) is 18.6. The maximum atomic E-state index is 12.3. The Kier molecular flexibility index (Phi) is 6.19. The number of carbonyl (C=O) groups excluding carboxylic acids is 1. The molecule has 0 bridgehead atoms. The fourth-order valence-corrected chi connectivity index (χ4v) is 3.31. The van der Waals surface area contributed by atoms with Gasteiger partial charge in [-0.1, -0.05) is 30.3 Å². The van der Waals surface area contributed by atoms with Crippen molar-refractivity contribution in [3.63, 3.8) is 0 Å². The number of hydrogen-bond donors (Lipinski definition) is 2. The van der Waals surface area contributed by atoms with E-state index in [0.29, 0.717) is 13.0 Å². The number of amides is 1. The van der Waals surface area contributed by atoms with Gasteiger partial charge >= 0.3 is 5.97 Å². The van der Waals surface area contributed by atoms with Crippen LogP contribution in [0.15, 0.2) is 30.3 Å². The molecule has 0 aliphatic carbocycles. The van der Waals surface area contributed by atoms with Gasteiger partial charge in [0.1, 0.15) is 5.41 Å². The smallest absolute Gasteiger partial charge is 0.313 e. The van der Waals surface area contributed by atoms with Gasteiger partial charge < -0.3 is 15.1 Å². The molecular formula is C19H28N2O4. The highest BCUT2D eigenvalue weighted by atomic mass is 16.4. The minimum atomic E-state index is -1.30. The quantitative estimate of drug-likeness (QED) is 0.808. The summed E-state index contributed by atoms with van der Waals surface area (Å²) >= 11 is 0. The van der Waals surface area contributed by atoms with E-state index in [1.807, 2.05) is 49.1 Å². The third-order valence-electron chi connectivity index (χ3n) is 5.18. The van der Waals surface area contributed by atoms with Gasteiger partial charge in [0.25, 0.3) is 0 Å². The SMILES string of the molecule is CC(C)N(C)C(=O)CN1CC[C@H](O)[C@@](Cc2ccccc2)(C(=O)O)C1. The van der Waals surface area contributed by atoms with Crippen molar-refractivity contribution in [1.82, 2.24) is 9.80 Å². The van der Waals surface area contributed by atoms with Crippen molar-refractivity contribution in [2.24, 2.45) is 5.41 Å². The molecule has 138 valence electrons. The van der Waals surface area contributed by atoms with Crippen molar-refractivity contribution in [2.45, 2.75) is 38.8 Å². The van der Waals surface area contributed by atoms with Gasteiger partial charge in [-0.3, -0.25) is 14.5 Å². The first-order valence-electron chi connectivity index (χ1n) is 8.69. The molecule has 1 aliphatic rings. The predicted molar refractivity (Wildman–Crippen MR) is 95.2 cm³/mol. The first-order valence-corrected chi connectivity index (χ1v) is 8.69. The third kappa shape index (κ3) is 4.38. The first kappa shape index (κ1) is 19.4. The number of hydrogen-bond acceptors (Lipinski definition) is 4. The number of likely N-dealkylation sites (tertiary alicyclic amines) is 1. The lowest BCUT2D eigenvalue weighted by Crippen LogP contribution is -2.58. The van der Waals surface area contributed by atoms with Crippen LogP contribution in [-0.2, 0) is 16.0 Å². The molecule has 1 aromatic carbocycles. The Labute approximate surface area is 149 Å². The molecule has 1 heterocycles. The van der Waals surface area contributed by atoms with E-state index in [4.69, 9.17) is 0 Å². The standard InChI is InChI=1S/C19H28N2O4/c1-14(2)20(3)17(23)12-21-10-9-16(22)19(13-21,18(24)25)11-15-7-5-4-6-8-15/h4-8,14,16,22H,9-13H2,1-3H3,(H,24,25)/t16-,19-/m0/s1. The Balaban J connectivity index is 2.18. The summed E-state index contributed by atoms with van der Waals surface area (Å²) in [5.41, 5.74) is -0.424. The van der Waals surface area contributed by atoms with E-state index < -0.39 is 17.5 Å². The van der Waals surface area contributed by atoms with E-state index in [1.165, 1.54) is 0 Å². The third-order valence-corrected chi connectivity index (χ3v) is 5.18. The topological polar surface area (TPSA) is 81.1 Å². The highest BCUT2D eigenvalue weighted by molar-refractivity contribution is 5.79. The molecule has 0 radical (unpaired) electrons. The van der Waals surface area contributed by atoms with Crippen LogP contribution in [0.4, 0.5) is 0 Å². The number of benzene rings is 1. The summed E-state index contributed by atoms with van der Waals surface area (Å²) in [5, 5.41) is 20.4. The monoisotopic (exact) mass is 348 g/mol. The van der Waals surface area contributed by atoms with Gasteiger partial charge in [0, 0.05) is 26.2 Å². The molecule has 6 heteroatoms. The Morgan fingerprint density at radius 3 is 2.52 bits per heavy atom. The van der Waals surface area contributed by atoms with Gasteiger partial charge in [-0.25, -0.2) is 0 Å². The number of likely N-dealkylation sites (N-methyl/N-ethyl adjacent to an activating group) is 1. The molecule has 1 fully saturated rings. The fourth-order valence-electron chi connectivity index (χ4n) is 3.31. The lowest BCUT2D eigenvalue weighted by molar-refractivity contribution is -0.164. The highest BCUT2D eigenvalue weighted by Crippen LogP contribution is 2.34. The summed E-state index contributed by atoms with van der Waals surface area (Å²) < 4.78 is 0. The molecule has 1 aromatic rings. The van der Waals surface area contributed by atoms with E-state index >= 15 is 0 Å². The number of piperidine rings is 1. The van der Waals surface area contributed by atoms with Crippen LogP contribution in [0, 0.1) is 5.41 Å². The molecule has 2 rings (SSSR count). The number of rotatable bonds is 6. The zero-order valence-electron chi connectivity index (χ0n) is 15.2. The van der Waals surface area contributed by atoms with Crippen molar-refractivity contribution in [3.05, 3.63) is 35.9 Å². The predicted octanol–water partition coefficient (Wildman–Crippen LogP) is 1.23. The Morgan fingerprint density at radius 2 is 1.96 bits per heavy atom. The molecular weight excluding hydrogens is 320 g/mol. The molecule has 6 nitrogen and oxygen atoms in total. The molecule has 25 heavy (non-hydrogen) atoms. The van der Waals surface area contributed by atoms with Crippen molar-refractivity contribution in [2.75, 3.05) is 26.7 Å². The van der Waals surface area contributed by atoms with Gasteiger partial charge in [0.2, 0.25) is 5.91 Å². The number of aliphatic carboxylic acids is 1. The van der Waals surface area contributed by atoms with Crippen LogP contribution in [0.25, 0.3) is 0 Å². The molecule has 2 atom stereocenters. The van der Waals surface area contributed by atoms with Crippen LogP contribution >= 0.6 is 0 Å². The number of aliphatic hydroxyl groups excluding tert-OH is 1. The van der Waals surface area contributed by atoms with Crippen molar-refractivity contribution in [1.29, 1.82) is 0 Å². The first-order chi connectivity index (χ1) is 11.8. The van der Waals surface area contributed by atoms with Crippen molar-refractivity contribution < 1.29 is 19.8 Å². The number of carbonyl (C=O) groups is 2. The summed E-state index contributed by atoms with van der Waals surface area (Å²) in [6, 6.07) is 9.43. The Bertz CT molecular complexity index is 605. The molecule has 0 saturated carbocycles. The Hall–Kier alpha value is -1.92. The molecule has 0 spiro atoms. The average Bonchev–Trinajstić information content (AvgIpc) is 2.57. The van der Waals surface area contributed by atoms with Crippen LogP contribution in [-0.4, -0.2) is 70.7 Å². The number of carboxylic acids is 1. The van der Waals surface area contributed by atoms with E-state index in [-0.39, 0.29) is 31.5 Å². The van der Waals surface area contributed by atoms with E-state index in [0.717, 1.165) is 5.56 Å². The summed E-state index contributed by atoms with van der Waals surface area (Å²) in [5.74, 6) is -1.05. The van der Waals surface area contributed by atoms with Crippen LogP contribution < -0.4 is 0 Å². The lowest BCUT2D eigenvalue weighted by atomic mass is 9.73. The molecule has 0 unspecified atom stereocenters. The van der Waals surface area contributed by atoms with Crippen molar-refractivity contribution in [3.8, 4) is 0 Å². The van der Waals surface area contributed by atoms with E-state index in [9.17, 15) is 19.8 Å². The van der Waals surface area contributed by atoms with Crippen LogP contribution in [0.2, 0.25) is 0 Å². The van der Waals surface area contributed by atoms with Crippen LogP contribution in [0.5, 0.6) is 0 Å². The van der Waals surface area contributed by atoms with Gasteiger partial charge in [-0.05, 0) is 32.3 Å². The number of nitrogens with zero attached hydrogens (tertiary/aromatic N) is 2. The molecule has 1 aliphatic heterocycles. The van der Waals surface area contributed by atoms with E-state index in [2.05, 4.69) is 0 Å². The second kappa shape index (κ2) is 7.97. The number of carboxylic acid groups (broad SMARTS) is 1. The number of aliphatic hydroxyl groups is 1. The zero-order valence-corrected chi connectivity index (χ0v) is 15.2. The highest BCUT2D eigenvalue weighted by Gasteiger charge is 2.49. The average molecular weight is 348 g/mol. The Morgan fingerprint density at radius 1 is 1.32 bits per heavy atom. The maximum Gasteiger partial charge on any atom is 0.313 e. The van der Waals surface area contributed by atoms with Crippen LogP contribution in [0.3, 0.4) is 0 Å². The minimum absolute atomic E-state index is 0.0367. The van der Waals surface area contributed by atoms with Gasteiger partial charge in [0.15, 0.2) is 0 Å². The lowest BCUT2D eigenvalue weighted by Gasteiger charge is -2.43. The van der Waals surface area contributed by atoms with E-state index in [1.54, 1.807) is 11.9 Å². The largest absolute Gasteiger partial charge is 0.481 e. The van der Waals surface area contributed by atoms with Gasteiger partial charge in [0.05, 0.1) is 12.6 Å². The normalized spacial score (nSPS) is 24.3. The summed E-state index contributed by atoms with van der Waals surface area (Å²) in [7, 11) is 1.75. The minimum Gasteiger partial charge on any atom is -0.481 e. The molecule has 1 amide bonds. The molecule has 0 aromatic heterocycles. The maximum absolute atomic E-state index is 12.3. The molecule has 2 N–H and O–H groups in total. The summed E-state index contributed by atoms with van der Waals surface area (Å²) in [6.45, 7) is 4.73. The van der Waals surface area contributed by atoms with Crippen molar-refractivity contribution >= 4 is 11.9 Å². The molecule has 1 saturated heterocycles. The second-order valence-corrected chi connectivity index (χ2v) is 7.24. The summed E-state index contributed by atoms with van der Waals surface area (Å²) in [4.78, 5) is 27.9. The van der Waals surface area contributed by atoms with Gasteiger partial charge in [-0.15, -0.1) is 0 Å².